The standard InChI is InChI=1S/C13H12F3N3O/c1-17-11(20)8-19-6-5-18-12(19)9-3-2-4-10(7-9)13(14,15)16/h2-7H,8H2,1H3,(H,17,20). The van der Waals surface area contributed by atoms with Crippen LogP contribution in [0.25, 0.3) is 11.4 Å². The normalized spacial score (nSPS) is 11.4. The van der Waals surface area contributed by atoms with Gasteiger partial charge in [0.25, 0.3) is 0 Å². The number of nitrogens with zero attached hydrogens (tertiary/aromatic N) is 2. The minimum atomic E-state index is -4.41. The van der Waals surface area contributed by atoms with E-state index in [4.69, 9.17) is 0 Å². The number of alkyl halides is 3. The second-order valence-electron chi connectivity index (χ2n) is 4.13. The molecule has 0 aliphatic rings. The molecule has 1 N–H and O–H groups in total. The second-order valence-corrected chi connectivity index (χ2v) is 4.13. The summed E-state index contributed by atoms with van der Waals surface area (Å²) >= 11 is 0. The summed E-state index contributed by atoms with van der Waals surface area (Å²) < 4.78 is 39.5. The van der Waals surface area contributed by atoms with Crippen LogP contribution in [0, 0.1) is 0 Å². The zero-order valence-corrected chi connectivity index (χ0v) is 10.6. The summed E-state index contributed by atoms with van der Waals surface area (Å²) in [6.07, 6.45) is -1.42. The molecule has 2 rings (SSSR count). The molecular formula is C13H12F3N3O. The van der Waals surface area contributed by atoms with Crippen molar-refractivity contribution in [2.24, 2.45) is 0 Å². The summed E-state index contributed by atoms with van der Waals surface area (Å²) in [5, 5.41) is 2.45. The second kappa shape index (κ2) is 5.36. The fourth-order valence-corrected chi connectivity index (χ4v) is 1.77. The molecule has 0 saturated carbocycles. The van der Waals surface area contributed by atoms with Crippen molar-refractivity contribution in [3.63, 3.8) is 0 Å². The van der Waals surface area contributed by atoms with Crippen LogP contribution in [0.3, 0.4) is 0 Å². The molecule has 0 fully saturated rings. The number of imidazole rings is 1. The van der Waals surface area contributed by atoms with Gasteiger partial charge in [0.2, 0.25) is 5.91 Å². The van der Waals surface area contributed by atoms with Gasteiger partial charge in [-0.3, -0.25) is 4.79 Å². The minimum Gasteiger partial charge on any atom is -0.358 e. The van der Waals surface area contributed by atoms with Crippen molar-refractivity contribution in [1.82, 2.24) is 14.9 Å². The molecule has 1 aromatic heterocycles. The van der Waals surface area contributed by atoms with Crippen LogP contribution in [-0.2, 0) is 17.5 Å². The molecule has 0 unspecified atom stereocenters. The van der Waals surface area contributed by atoms with Gasteiger partial charge in [0.1, 0.15) is 12.4 Å². The van der Waals surface area contributed by atoms with E-state index in [-0.39, 0.29) is 12.5 Å². The average molecular weight is 283 g/mol. The Bertz CT molecular complexity index is 619. The molecule has 106 valence electrons. The van der Waals surface area contributed by atoms with E-state index in [9.17, 15) is 18.0 Å². The molecule has 1 amide bonds. The summed E-state index contributed by atoms with van der Waals surface area (Å²) in [5.41, 5.74) is -0.432. The van der Waals surface area contributed by atoms with E-state index < -0.39 is 11.7 Å². The Balaban J connectivity index is 2.38. The Kier molecular flexibility index (Phi) is 3.78. The van der Waals surface area contributed by atoms with Crippen molar-refractivity contribution >= 4 is 5.91 Å². The lowest BCUT2D eigenvalue weighted by Gasteiger charge is -2.10. The number of carbonyl (C=O) groups is 1. The lowest BCUT2D eigenvalue weighted by molar-refractivity contribution is -0.137. The zero-order valence-electron chi connectivity index (χ0n) is 10.6. The third kappa shape index (κ3) is 2.98. The van der Waals surface area contributed by atoms with Gasteiger partial charge in [-0.1, -0.05) is 12.1 Å². The van der Waals surface area contributed by atoms with Crippen LogP contribution in [0.1, 0.15) is 5.56 Å². The van der Waals surface area contributed by atoms with E-state index in [1.165, 1.54) is 29.9 Å². The summed E-state index contributed by atoms with van der Waals surface area (Å²) in [7, 11) is 1.49. The van der Waals surface area contributed by atoms with Crippen LogP contribution in [0.4, 0.5) is 13.2 Å². The van der Waals surface area contributed by atoms with E-state index in [2.05, 4.69) is 10.3 Å². The summed E-state index contributed by atoms with van der Waals surface area (Å²) in [6.45, 7) is 0.00206. The van der Waals surface area contributed by atoms with E-state index >= 15 is 0 Å². The number of halogens is 3. The maximum Gasteiger partial charge on any atom is 0.416 e. The van der Waals surface area contributed by atoms with E-state index in [1.807, 2.05) is 0 Å². The molecule has 1 aromatic carbocycles. The van der Waals surface area contributed by atoms with Crippen LogP contribution >= 0.6 is 0 Å². The van der Waals surface area contributed by atoms with Crippen molar-refractivity contribution in [1.29, 1.82) is 0 Å². The number of hydrogen-bond acceptors (Lipinski definition) is 2. The first-order chi connectivity index (χ1) is 9.41. The number of carbonyl (C=O) groups excluding carboxylic acids is 1. The van der Waals surface area contributed by atoms with Crippen LogP contribution in [0.5, 0.6) is 0 Å². The summed E-state index contributed by atoms with van der Waals surface area (Å²) in [5.74, 6) is 0.0657. The van der Waals surface area contributed by atoms with E-state index in [1.54, 1.807) is 6.20 Å². The zero-order chi connectivity index (χ0) is 14.8. The van der Waals surface area contributed by atoms with Crippen molar-refractivity contribution < 1.29 is 18.0 Å². The smallest absolute Gasteiger partial charge is 0.358 e. The predicted octanol–water partition coefficient (Wildman–Crippen LogP) is 2.31. The van der Waals surface area contributed by atoms with Gasteiger partial charge in [0.15, 0.2) is 0 Å². The molecule has 4 nitrogen and oxygen atoms in total. The number of amides is 1. The third-order valence-corrected chi connectivity index (χ3v) is 2.76. The number of likely N-dealkylation sites (N-methyl/N-ethyl adjacent to an activating group) is 1. The lowest BCUT2D eigenvalue weighted by atomic mass is 10.1. The Labute approximate surface area is 113 Å². The quantitative estimate of drug-likeness (QED) is 0.939. The number of nitrogens with one attached hydrogen (secondary N) is 1. The lowest BCUT2D eigenvalue weighted by Crippen LogP contribution is -2.23. The molecule has 0 saturated heterocycles. The Morgan fingerprint density at radius 1 is 1.40 bits per heavy atom. The highest BCUT2D eigenvalue weighted by atomic mass is 19.4. The molecule has 2 aromatic rings. The SMILES string of the molecule is CNC(=O)Cn1ccnc1-c1cccc(C(F)(F)F)c1. The molecule has 0 atom stereocenters. The monoisotopic (exact) mass is 283 g/mol. The fraction of sp³-hybridized carbons (Fsp3) is 0.231. The van der Waals surface area contributed by atoms with Gasteiger partial charge in [-0.25, -0.2) is 4.98 Å². The first-order valence-electron chi connectivity index (χ1n) is 5.81. The third-order valence-electron chi connectivity index (χ3n) is 2.76. The molecule has 7 heteroatoms. The minimum absolute atomic E-state index is 0.00206. The van der Waals surface area contributed by atoms with Crippen molar-refractivity contribution in [3.05, 3.63) is 42.2 Å². The first kappa shape index (κ1) is 14.1. The van der Waals surface area contributed by atoms with Gasteiger partial charge < -0.3 is 9.88 Å². The molecule has 20 heavy (non-hydrogen) atoms. The number of hydrogen-bond donors (Lipinski definition) is 1. The van der Waals surface area contributed by atoms with Gasteiger partial charge in [-0.15, -0.1) is 0 Å². The van der Waals surface area contributed by atoms with E-state index in [0.29, 0.717) is 11.4 Å². The summed E-state index contributed by atoms with van der Waals surface area (Å²) in [6, 6.07) is 4.85. The molecular weight excluding hydrogens is 271 g/mol. The van der Waals surface area contributed by atoms with Crippen LogP contribution in [0.15, 0.2) is 36.7 Å². The molecule has 0 radical (unpaired) electrons. The highest BCUT2D eigenvalue weighted by Gasteiger charge is 2.30. The molecule has 1 heterocycles. The molecule has 0 aliphatic carbocycles. The predicted molar refractivity (Wildman–Crippen MR) is 66.7 cm³/mol. The Morgan fingerprint density at radius 2 is 2.15 bits per heavy atom. The van der Waals surface area contributed by atoms with Gasteiger partial charge in [-0.2, -0.15) is 13.2 Å². The largest absolute Gasteiger partial charge is 0.416 e. The number of aromatic nitrogens is 2. The molecule has 0 aliphatic heterocycles. The van der Waals surface area contributed by atoms with Crippen molar-refractivity contribution in [3.8, 4) is 11.4 Å². The van der Waals surface area contributed by atoms with Gasteiger partial charge in [0.05, 0.1) is 5.56 Å². The Hall–Kier alpha value is -2.31. The highest BCUT2D eigenvalue weighted by Crippen LogP contribution is 2.31. The molecule has 0 spiro atoms. The van der Waals surface area contributed by atoms with Crippen molar-refractivity contribution in [2.75, 3.05) is 7.05 Å². The van der Waals surface area contributed by atoms with Gasteiger partial charge in [0, 0.05) is 25.0 Å². The van der Waals surface area contributed by atoms with Crippen LogP contribution < -0.4 is 5.32 Å². The number of benzene rings is 1. The highest BCUT2D eigenvalue weighted by molar-refractivity contribution is 5.76. The first-order valence-corrected chi connectivity index (χ1v) is 5.81. The maximum absolute atomic E-state index is 12.7. The summed E-state index contributed by atoms with van der Waals surface area (Å²) in [4.78, 5) is 15.4. The molecule has 0 bridgehead atoms. The van der Waals surface area contributed by atoms with Gasteiger partial charge in [-0.05, 0) is 12.1 Å². The average Bonchev–Trinajstić information content (AvgIpc) is 2.86. The van der Waals surface area contributed by atoms with Crippen LogP contribution in [0.2, 0.25) is 0 Å². The Morgan fingerprint density at radius 3 is 2.80 bits per heavy atom. The van der Waals surface area contributed by atoms with E-state index in [0.717, 1.165) is 12.1 Å². The van der Waals surface area contributed by atoms with Gasteiger partial charge >= 0.3 is 6.18 Å². The fourth-order valence-electron chi connectivity index (χ4n) is 1.77. The maximum atomic E-state index is 12.7. The van der Waals surface area contributed by atoms with Crippen molar-refractivity contribution in [2.45, 2.75) is 12.7 Å². The number of rotatable bonds is 3. The topological polar surface area (TPSA) is 46.9 Å². The van der Waals surface area contributed by atoms with Crippen LogP contribution in [-0.4, -0.2) is 22.5 Å².